The monoisotopic (exact) mass is 642 g/mol. The molecule has 4 aromatic carbocycles. The smallest absolute Gasteiger partial charge is 0.0892 e. The number of para-hydroxylation sites is 2. The first-order valence-corrected chi connectivity index (χ1v) is 18.8. The first-order chi connectivity index (χ1) is 22.8. The summed E-state index contributed by atoms with van der Waals surface area (Å²) in [5.74, 6) is 0. The first kappa shape index (κ1) is 29.4. The summed E-state index contributed by atoms with van der Waals surface area (Å²) in [4.78, 5) is 0. The van der Waals surface area contributed by atoms with Crippen molar-refractivity contribution in [3.05, 3.63) is 84.9 Å². The van der Waals surface area contributed by atoms with Gasteiger partial charge in [-0.3, -0.25) is 9.35 Å². The van der Waals surface area contributed by atoms with Crippen molar-refractivity contribution in [1.82, 2.24) is 9.35 Å². The Bertz CT molecular complexity index is 2150. The zero-order valence-corrected chi connectivity index (χ0v) is 28.5. The molecular weight excluding hydrogens is 601 g/mol. The molecule has 2 N–H and O–H groups in total. The van der Waals surface area contributed by atoms with E-state index in [1.54, 1.807) is 0 Å². The Balaban J connectivity index is 1.17. The van der Waals surface area contributed by atoms with Gasteiger partial charge in [0, 0.05) is 44.0 Å². The molecule has 4 aromatic heterocycles. The number of nitrogens with zero attached hydrogens (tertiary/aromatic N) is 2. The summed E-state index contributed by atoms with van der Waals surface area (Å²) < 4.78 is 10.1. The molecule has 234 valence electrons. The number of thiophene rings is 2. The van der Waals surface area contributed by atoms with Crippen LogP contribution in [-0.2, 0) is 0 Å². The number of nitrogens with one attached hydrogen (secondary N) is 2. The standard InChI is InChI=1S/C40H42N4S2/c1-3-5-7-13-23-41-43-33-17-11-9-15-29(33)39-37(43)31-21-19-27(25-35(31)45-39)28-20-22-32-36(26-28)46-40-30-16-10-12-18-34(30)44(38(32)40)42-24-14-8-6-4-2/h9-12,15-22,25-26,41-42H,3-8,13-14,23-24H2,1-2H3. The molecule has 0 aliphatic rings. The third-order valence-electron chi connectivity index (χ3n) is 9.49. The lowest BCUT2D eigenvalue weighted by Gasteiger charge is -2.11. The van der Waals surface area contributed by atoms with Gasteiger partial charge in [0.25, 0.3) is 0 Å². The second-order valence-electron chi connectivity index (χ2n) is 12.6. The van der Waals surface area contributed by atoms with Crippen molar-refractivity contribution in [3.63, 3.8) is 0 Å². The maximum Gasteiger partial charge on any atom is 0.0892 e. The molecule has 0 fully saturated rings. The summed E-state index contributed by atoms with van der Waals surface area (Å²) in [7, 11) is 0. The fourth-order valence-corrected chi connectivity index (χ4v) is 9.63. The van der Waals surface area contributed by atoms with Crippen LogP contribution in [0.15, 0.2) is 84.9 Å². The average molecular weight is 643 g/mol. The Hall–Kier alpha value is -4.00. The number of hydrogen-bond donors (Lipinski definition) is 2. The number of benzene rings is 4. The van der Waals surface area contributed by atoms with Gasteiger partial charge >= 0.3 is 0 Å². The van der Waals surface area contributed by atoms with Crippen molar-refractivity contribution < 1.29 is 0 Å². The van der Waals surface area contributed by atoms with Crippen LogP contribution >= 0.6 is 22.7 Å². The van der Waals surface area contributed by atoms with Crippen LogP contribution in [-0.4, -0.2) is 22.4 Å². The Morgan fingerprint density at radius 1 is 0.500 bits per heavy atom. The van der Waals surface area contributed by atoms with Crippen molar-refractivity contribution in [2.45, 2.75) is 65.2 Å². The van der Waals surface area contributed by atoms with Gasteiger partial charge in [-0.25, -0.2) is 0 Å². The topological polar surface area (TPSA) is 33.9 Å². The fourth-order valence-electron chi connectivity index (χ4n) is 7.11. The zero-order valence-electron chi connectivity index (χ0n) is 26.9. The minimum absolute atomic E-state index is 0.990. The van der Waals surface area contributed by atoms with Crippen LogP contribution in [0.3, 0.4) is 0 Å². The highest BCUT2D eigenvalue weighted by Gasteiger charge is 2.19. The van der Waals surface area contributed by atoms with E-state index in [1.165, 1.54) is 125 Å². The lowest BCUT2D eigenvalue weighted by atomic mass is 10.0. The summed E-state index contributed by atoms with van der Waals surface area (Å²) in [6.07, 6.45) is 10.1. The van der Waals surface area contributed by atoms with E-state index in [9.17, 15) is 0 Å². The SMILES string of the molecule is CCCCCCNn1c2ccccc2c2sc3cc(-c4ccc5c(c4)sc4c6ccccc6n(NCCCCCC)c54)ccc3c21. The summed E-state index contributed by atoms with van der Waals surface area (Å²) in [5.41, 5.74) is 15.3. The third-order valence-corrected chi connectivity index (χ3v) is 11.8. The molecule has 0 aliphatic heterocycles. The average Bonchev–Trinajstić information content (AvgIpc) is 3.81. The highest BCUT2D eigenvalue weighted by Crippen LogP contribution is 2.44. The predicted molar refractivity (Wildman–Crippen MR) is 205 cm³/mol. The van der Waals surface area contributed by atoms with Crippen LogP contribution in [0.5, 0.6) is 0 Å². The summed E-state index contributed by atoms with van der Waals surface area (Å²) >= 11 is 3.85. The molecule has 0 atom stereocenters. The molecule has 4 heterocycles. The highest BCUT2D eigenvalue weighted by molar-refractivity contribution is 7.27. The third kappa shape index (κ3) is 5.03. The number of hydrogen-bond acceptors (Lipinski definition) is 4. The molecule has 0 unspecified atom stereocenters. The molecule has 46 heavy (non-hydrogen) atoms. The van der Waals surface area contributed by atoms with E-state index in [-0.39, 0.29) is 0 Å². The van der Waals surface area contributed by atoms with E-state index >= 15 is 0 Å². The zero-order chi connectivity index (χ0) is 31.0. The molecule has 0 bridgehead atoms. The number of unbranched alkanes of at least 4 members (excludes halogenated alkanes) is 6. The fraction of sp³-hybridized carbons (Fsp3) is 0.300. The van der Waals surface area contributed by atoms with Gasteiger partial charge in [-0.2, -0.15) is 0 Å². The van der Waals surface area contributed by atoms with E-state index in [0.29, 0.717) is 0 Å². The quantitative estimate of drug-likeness (QED) is 0.123. The van der Waals surface area contributed by atoms with Crippen LogP contribution in [0.2, 0.25) is 0 Å². The van der Waals surface area contributed by atoms with Crippen molar-refractivity contribution in [1.29, 1.82) is 0 Å². The Labute approximate surface area is 278 Å². The van der Waals surface area contributed by atoms with Crippen molar-refractivity contribution in [2.75, 3.05) is 23.9 Å². The van der Waals surface area contributed by atoms with Gasteiger partial charge < -0.3 is 10.9 Å². The van der Waals surface area contributed by atoms with E-state index in [1.807, 2.05) is 22.7 Å². The Morgan fingerprint density at radius 3 is 1.41 bits per heavy atom. The van der Waals surface area contributed by atoms with Crippen LogP contribution in [0.1, 0.15) is 65.2 Å². The highest BCUT2D eigenvalue weighted by atomic mass is 32.1. The molecule has 4 nitrogen and oxygen atoms in total. The lowest BCUT2D eigenvalue weighted by Crippen LogP contribution is -2.15. The van der Waals surface area contributed by atoms with Crippen LogP contribution in [0.4, 0.5) is 0 Å². The van der Waals surface area contributed by atoms with Crippen molar-refractivity contribution in [2.24, 2.45) is 0 Å². The molecule has 0 spiro atoms. The molecule has 0 aliphatic carbocycles. The molecule has 0 radical (unpaired) electrons. The lowest BCUT2D eigenvalue weighted by molar-refractivity contribution is 0.668. The van der Waals surface area contributed by atoms with E-state index < -0.39 is 0 Å². The largest absolute Gasteiger partial charge is 0.325 e. The predicted octanol–water partition coefficient (Wildman–Crippen LogP) is 12.2. The van der Waals surface area contributed by atoms with Crippen molar-refractivity contribution >= 4 is 85.1 Å². The van der Waals surface area contributed by atoms with Gasteiger partial charge in [-0.05, 0) is 48.2 Å². The summed E-state index contributed by atoms with van der Waals surface area (Å²) in [6, 6.07) is 31.8. The van der Waals surface area contributed by atoms with Gasteiger partial charge in [0.1, 0.15) is 0 Å². The second-order valence-corrected chi connectivity index (χ2v) is 14.7. The second kappa shape index (κ2) is 12.7. The molecule has 0 saturated heterocycles. The first-order valence-electron chi connectivity index (χ1n) is 17.2. The van der Waals surface area contributed by atoms with Crippen LogP contribution in [0, 0.1) is 0 Å². The Kier molecular flexibility index (Phi) is 8.09. The van der Waals surface area contributed by atoms with Gasteiger partial charge in [0.15, 0.2) is 0 Å². The maximum absolute atomic E-state index is 3.78. The van der Waals surface area contributed by atoms with E-state index in [0.717, 1.165) is 13.1 Å². The molecular formula is C40H42N4S2. The van der Waals surface area contributed by atoms with Crippen LogP contribution in [0.25, 0.3) is 73.5 Å². The summed E-state index contributed by atoms with van der Waals surface area (Å²) in [6.45, 7) is 6.52. The van der Waals surface area contributed by atoms with Gasteiger partial charge in [0.05, 0.1) is 31.5 Å². The van der Waals surface area contributed by atoms with Crippen LogP contribution < -0.4 is 10.9 Å². The number of aromatic nitrogens is 2. The number of rotatable bonds is 13. The van der Waals surface area contributed by atoms with Gasteiger partial charge in [-0.15, -0.1) is 22.7 Å². The van der Waals surface area contributed by atoms with Gasteiger partial charge in [-0.1, -0.05) is 113 Å². The minimum Gasteiger partial charge on any atom is -0.325 e. The molecule has 8 aromatic rings. The normalized spacial score (nSPS) is 12.1. The maximum atomic E-state index is 3.78. The molecule has 0 amide bonds. The van der Waals surface area contributed by atoms with Crippen molar-refractivity contribution in [3.8, 4) is 11.1 Å². The minimum atomic E-state index is 0.990. The van der Waals surface area contributed by atoms with E-state index in [4.69, 9.17) is 0 Å². The molecule has 0 saturated carbocycles. The summed E-state index contributed by atoms with van der Waals surface area (Å²) in [5, 5.41) is 5.32. The molecule has 8 rings (SSSR count). The van der Waals surface area contributed by atoms with Gasteiger partial charge in [0.2, 0.25) is 0 Å². The number of fused-ring (bicyclic) bond motifs is 10. The Morgan fingerprint density at radius 2 is 0.957 bits per heavy atom. The molecule has 6 heteroatoms. The van der Waals surface area contributed by atoms with E-state index in [2.05, 4.69) is 119 Å².